The van der Waals surface area contributed by atoms with Crippen molar-refractivity contribution in [1.82, 2.24) is 10.3 Å². The fraction of sp³-hybridized carbons (Fsp3) is 0.364. The molecule has 0 saturated carbocycles. The van der Waals surface area contributed by atoms with E-state index in [1.807, 2.05) is 6.26 Å². The number of hydrogen-bond donors (Lipinski definition) is 2. The summed E-state index contributed by atoms with van der Waals surface area (Å²) in [5, 5.41) is 9.59. The molecule has 1 aromatic rings. The minimum atomic E-state index is -4.63. The van der Waals surface area contributed by atoms with Gasteiger partial charge in [-0.05, 0) is 18.1 Å². The Balaban J connectivity index is 2.86. The Hall–Kier alpha value is -1.57. The van der Waals surface area contributed by atoms with E-state index in [4.69, 9.17) is 5.41 Å². The Kier molecular flexibility index (Phi) is 5.34. The molecule has 0 aliphatic heterocycles. The van der Waals surface area contributed by atoms with E-state index in [-0.39, 0.29) is 12.3 Å². The third kappa shape index (κ3) is 4.55. The summed E-state index contributed by atoms with van der Waals surface area (Å²) >= 11 is 1.48. The third-order valence-corrected chi connectivity index (χ3v) is 2.80. The van der Waals surface area contributed by atoms with Crippen molar-refractivity contribution < 1.29 is 18.0 Å². The molecular weight excluding hydrogens is 279 g/mol. The van der Waals surface area contributed by atoms with Gasteiger partial charge in [0.2, 0.25) is 0 Å². The van der Waals surface area contributed by atoms with Gasteiger partial charge < -0.3 is 5.32 Å². The van der Waals surface area contributed by atoms with E-state index in [9.17, 15) is 18.0 Å². The smallest absolute Gasteiger partial charge is 0.310 e. The molecule has 1 amide bonds. The fourth-order valence-corrected chi connectivity index (χ4v) is 1.70. The van der Waals surface area contributed by atoms with E-state index in [2.05, 4.69) is 10.3 Å². The molecule has 104 valence electrons. The van der Waals surface area contributed by atoms with Crippen LogP contribution in [0.15, 0.2) is 18.5 Å². The molecule has 1 rings (SSSR count). The molecule has 0 bridgehead atoms. The Morgan fingerprint density at radius 2 is 2.21 bits per heavy atom. The molecule has 1 heterocycles. The number of halogens is 3. The SMILES string of the molecule is CSCCC(=N)NC(=O)c1cnccc1C(F)(F)F. The Labute approximate surface area is 112 Å². The average Bonchev–Trinajstić information content (AvgIpc) is 2.35. The zero-order chi connectivity index (χ0) is 14.5. The van der Waals surface area contributed by atoms with Crippen LogP contribution in [0.25, 0.3) is 0 Å². The van der Waals surface area contributed by atoms with Crippen LogP contribution in [0.2, 0.25) is 0 Å². The van der Waals surface area contributed by atoms with Gasteiger partial charge in [0.15, 0.2) is 0 Å². The first-order valence-electron chi connectivity index (χ1n) is 5.25. The Bertz CT molecular complexity index is 476. The summed E-state index contributed by atoms with van der Waals surface area (Å²) in [4.78, 5) is 15.2. The summed E-state index contributed by atoms with van der Waals surface area (Å²) in [6, 6.07) is 0.737. The fourth-order valence-electron chi connectivity index (χ4n) is 1.29. The summed E-state index contributed by atoms with van der Waals surface area (Å²) < 4.78 is 38.1. The number of rotatable bonds is 4. The van der Waals surface area contributed by atoms with Crippen molar-refractivity contribution in [2.75, 3.05) is 12.0 Å². The highest BCUT2D eigenvalue weighted by atomic mass is 32.2. The average molecular weight is 291 g/mol. The number of carbonyl (C=O) groups excluding carboxylic acids is 1. The molecule has 0 unspecified atom stereocenters. The van der Waals surface area contributed by atoms with Gasteiger partial charge in [0.05, 0.1) is 11.1 Å². The van der Waals surface area contributed by atoms with Crippen molar-refractivity contribution in [3.05, 3.63) is 29.6 Å². The summed E-state index contributed by atoms with van der Waals surface area (Å²) in [5.41, 5.74) is -1.64. The van der Waals surface area contributed by atoms with Crippen molar-refractivity contribution >= 4 is 23.5 Å². The maximum absolute atomic E-state index is 12.7. The number of hydrogen-bond acceptors (Lipinski definition) is 4. The molecule has 0 aliphatic carbocycles. The normalized spacial score (nSPS) is 11.2. The van der Waals surface area contributed by atoms with Crippen molar-refractivity contribution in [3.63, 3.8) is 0 Å². The van der Waals surface area contributed by atoms with Crippen LogP contribution in [-0.4, -0.2) is 28.7 Å². The molecule has 2 N–H and O–H groups in total. The zero-order valence-electron chi connectivity index (χ0n) is 10.0. The largest absolute Gasteiger partial charge is 0.417 e. The number of nitrogens with zero attached hydrogens (tertiary/aromatic N) is 1. The monoisotopic (exact) mass is 291 g/mol. The van der Waals surface area contributed by atoms with Gasteiger partial charge in [-0.15, -0.1) is 0 Å². The van der Waals surface area contributed by atoms with E-state index in [0.29, 0.717) is 5.75 Å². The lowest BCUT2D eigenvalue weighted by atomic mass is 10.1. The van der Waals surface area contributed by atoms with E-state index in [1.165, 1.54) is 11.8 Å². The van der Waals surface area contributed by atoms with Gasteiger partial charge in [-0.2, -0.15) is 24.9 Å². The lowest BCUT2D eigenvalue weighted by molar-refractivity contribution is -0.138. The lowest BCUT2D eigenvalue weighted by Gasteiger charge is -2.12. The second-order valence-corrected chi connectivity index (χ2v) is 4.58. The number of thioether (sulfide) groups is 1. The second-order valence-electron chi connectivity index (χ2n) is 3.59. The molecule has 0 fully saturated rings. The van der Waals surface area contributed by atoms with Gasteiger partial charge in [0, 0.05) is 18.8 Å². The molecule has 19 heavy (non-hydrogen) atoms. The van der Waals surface area contributed by atoms with Crippen LogP contribution in [0.3, 0.4) is 0 Å². The van der Waals surface area contributed by atoms with Crippen LogP contribution in [0.1, 0.15) is 22.3 Å². The van der Waals surface area contributed by atoms with E-state index in [1.54, 1.807) is 0 Å². The number of pyridine rings is 1. The zero-order valence-corrected chi connectivity index (χ0v) is 10.9. The summed E-state index contributed by atoms with van der Waals surface area (Å²) in [5.74, 6) is -0.471. The van der Waals surface area contributed by atoms with Gasteiger partial charge >= 0.3 is 6.18 Å². The van der Waals surface area contributed by atoms with Crippen molar-refractivity contribution in [1.29, 1.82) is 5.41 Å². The number of amides is 1. The quantitative estimate of drug-likeness (QED) is 0.662. The van der Waals surface area contributed by atoms with Crippen LogP contribution in [0.4, 0.5) is 13.2 Å². The van der Waals surface area contributed by atoms with Gasteiger partial charge in [0.25, 0.3) is 5.91 Å². The lowest BCUT2D eigenvalue weighted by Crippen LogP contribution is -2.32. The molecule has 0 aliphatic rings. The first-order chi connectivity index (χ1) is 8.86. The predicted molar refractivity (Wildman–Crippen MR) is 67.4 cm³/mol. The topological polar surface area (TPSA) is 65.8 Å². The van der Waals surface area contributed by atoms with Gasteiger partial charge in [-0.3, -0.25) is 15.2 Å². The molecular formula is C11H12F3N3OS. The van der Waals surface area contributed by atoms with E-state index < -0.39 is 23.2 Å². The van der Waals surface area contributed by atoms with Crippen LogP contribution in [-0.2, 0) is 6.18 Å². The summed E-state index contributed by atoms with van der Waals surface area (Å²) in [6.45, 7) is 0. The second kappa shape index (κ2) is 6.55. The van der Waals surface area contributed by atoms with Gasteiger partial charge in [-0.1, -0.05) is 0 Å². The molecule has 0 radical (unpaired) electrons. The van der Waals surface area contributed by atoms with E-state index in [0.717, 1.165) is 18.5 Å². The highest BCUT2D eigenvalue weighted by Crippen LogP contribution is 2.31. The molecule has 0 spiro atoms. The summed E-state index contributed by atoms with van der Waals surface area (Å²) in [6.07, 6.45) is -0.692. The number of amidine groups is 1. The molecule has 1 aromatic heterocycles. The summed E-state index contributed by atoms with van der Waals surface area (Å²) in [7, 11) is 0. The van der Waals surface area contributed by atoms with Crippen molar-refractivity contribution in [3.8, 4) is 0 Å². The Morgan fingerprint density at radius 1 is 1.53 bits per heavy atom. The first kappa shape index (κ1) is 15.5. The van der Waals surface area contributed by atoms with Gasteiger partial charge in [0.1, 0.15) is 5.84 Å². The first-order valence-corrected chi connectivity index (χ1v) is 6.64. The highest BCUT2D eigenvalue weighted by molar-refractivity contribution is 7.98. The maximum atomic E-state index is 12.7. The third-order valence-electron chi connectivity index (χ3n) is 2.19. The standard InChI is InChI=1S/C11H12F3N3OS/c1-19-5-3-9(15)17-10(18)7-6-16-4-2-8(7)11(12,13)14/h2,4,6H,3,5H2,1H3,(H2,15,17,18). The van der Waals surface area contributed by atoms with Crippen molar-refractivity contribution in [2.24, 2.45) is 0 Å². The van der Waals surface area contributed by atoms with Gasteiger partial charge in [-0.25, -0.2) is 0 Å². The molecule has 0 atom stereocenters. The molecule has 0 aromatic carbocycles. The molecule has 8 heteroatoms. The Morgan fingerprint density at radius 3 is 2.79 bits per heavy atom. The van der Waals surface area contributed by atoms with E-state index >= 15 is 0 Å². The van der Waals surface area contributed by atoms with Crippen LogP contribution < -0.4 is 5.32 Å². The number of aromatic nitrogens is 1. The van der Waals surface area contributed by atoms with Crippen molar-refractivity contribution in [2.45, 2.75) is 12.6 Å². The van der Waals surface area contributed by atoms with Crippen LogP contribution in [0, 0.1) is 5.41 Å². The number of alkyl halides is 3. The van der Waals surface area contributed by atoms with Crippen LogP contribution in [0.5, 0.6) is 0 Å². The van der Waals surface area contributed by atoms with Crippen LogP contribution >= 0.6 is 11.8 Å². The molecule has 0 saturated heterocycles. The maximum Gasteiger partial charge on any atom is 0.417 e. The predicted octanol–water partition coefficient (Wildman–Crippen LogP) is 2.56. The highest BCUT2D eigenvalue weighted by Gasteiger charge is 2.35. The minimum absolute atomic E-state index is 0.115. The molecule has 4 nitrogen and oxygen atoms in total. The minimum Gasteiger partial charge on any atom is -0.310 e. The number of carbonyl (C=O) groups is 1. The number of nitrogens with one attached hydrogen (secondary N) is 2.